The zero-order chi connectivity index (χ0) is 19.3. The van der Waals surface area contributed by atoms with Gasteiger partial charge in [-0.25, -0.2) is 9.97 Å². The predicted molar refractivity (Wildman–Crippen MR) is 116 cm³/mol. The average Bonchev–Trinajstić information content (AvgIpc) is 2.75. The molecule has 0 amide bonds. The number of hydrogen-bond donors (Lipinski definition) is 0. The van der Waals surface area contributed by atoms with Gasteiger partial charge in [-0.3, -0.25) is 0 Å². The summed E-state index contributed by atoms with van der Waals surface area (Å²) in [5, 5.41) is 0. The maximum Gasteiger partial charge on any atom is 0.134 e. The van der Waals surface area contributed by atoms with Crippen molar-refractivity contribution in [3.63, 3.8) is 0 Å². The van der Waals surface area contributed by atoms with E-state index < -0.39 is 0 Å². The summed E-state index contributed by atoms with van der Waals surface area (Å²) in [6.07, 6.45) is 3.68. The minimum atomic E-state index is 0.781. The van der Waals surface area contributed by atoms with Crippen LogP contribution in [0.2, 0.25) is 0 Å². The smallest absolute Gasteiger partial charge is 0.134 e. The lowest BCUT2D eigenvalue weighted by Crippen LogP contribution is -2.46. The van der Waals surface area contributed by atoms with E-state index in [1.54, 1.807) is 0 Å². The molecule has 2 aliphatic heterocycles. The highest BCUT2D eigenvalue weighted by molar-refractivity contribution is 5.51. The van der Waals surface area contributed by atoms with E-state index in [0.29, 0.717) is 0 Å². The molecule has 1 aromatic carbocycles. The molecule has 1 aromatic heterocycles. The molecule has 2 aliphatic rings. The van der Waals surface area contributed by atoms with Gasteiger partial charge in [-0.15, -0.1) is 0 Å². The van der Waals surface area contributed by atoms with Crippen LogP contribution in [0.1, 0.15) is 31.2 Å². The van der Waals surface area contributed by atoms with E-state index in [1.807, 2.05) is 6.92 Å². The summed E-state index contributed by atoms with van der Waals surface area (Å²) in [5.41, 5.74) is 1.47. The van der Waals surface area contributed by atoms with Gasteiger partial charge in [0.15, 0.2) is 0 Å². The van der Waals surface area contributed by atoms with E-state index in [-0.39, 0.29) is 0 Å². The van der Waals surface area contributed by atoms with E-state index in [1.165, 1.54) is 24.8 Å². The van der Waals surface area contributed by atoms with Crippen LogP contribution in [-0.4, -0.2) is 60.7 Å². The zero-order valence-corrected chi connectivity index (χ0v) is 17.3. The van der Waals surface area contributed by atoms with Crippen molar-refractivity contribution in [2.24, 2.45) is 5.92 Å². The van der Waals surface area contributed by atoms with Crippen molar-refractivity contribution in [3.05, 3.63) is 47.8 Å². The molecule has 28 heavy (non-hydrogen) atoms. The van der Waals surface area contributed by atoms with Crippen LogP contribution >= 0.6 is 0 Å². The highest BCUT2D eigenvalue weighted by Gasteiger charge is 2.23. The first-order chi connectivity index (χ1) is 13.7. The fourth-order valence-electron chi connectivity index (χ4n) is 4.47. The Kier molecular flexibility index (Phi) is 6.10. The van der Waals surface area contributed by atoms with Crippen LogP contribution in [0.5, 0.6) is 0 Å². The highest BCUT2D eigenvalue weighted by Crippen LogP contribution is 2.27. The summed E-state index contributed by atoms with van der Waals surface area (Å²) in [6.45, 7) is 12.0. The van der Waals surface area contributed by atoms with Crippen LogP contribution in [0.4, 0.5) is 11.6 Å². The zero-order valence-electron chi connectivity index (χ0n) is 17.3. The van der Waals surface area contributed by atoms with Gasteiger partial charge in [-0.1, -0.05) is 37.3 Å². The van der Waals surface area contributed by atoms with Gasteiger partial charge in [-0.2, -0.15) is 0 Å². The molecular weight excluding hydrogens is 346 g/mol. The Morgan fingerprint density at radius 3 is 2.07 bits per heavy atom. The van der Waals surface area contributed by atoms with Crippen LogP contribution in [0.3, 0.4) is 0 Å². The second kappa shape index (κ2) is 8.91. The molecule has 0 spiro atoms. The average molecular weight is 380 g/mol. The maximum absolute atomic E-state index is 4.77. The molecule has 0 bridgehead atoms. The van der Waals surface area contributed by atoms with Crippen LogP contribution in [0, 0.1) is 12.8 Å². The van der Waals surface area contributed by atoms with Crippen LogP contribution < -0.4 is 9.80 Å². The van der Waals surface area contributed by atoms with Gasteiger partial charge in [0.1, 0.15) is 17.5 Å². The van der Waals surface area contributed by atoms with Gasteiger partial charge >= 0.3 is 0 Å². The highest BCUT2D eigenvalue weighted by atomic mass is 15.3. The Bertz CT molecular complexity index is 747. The first-order valence-corrected chi connectivity index (χ1v) is 10.8. The summed E-state index contributed by atoms with van der Waals surface area (Å²) < 4.78 is 0. The topological polar surface area (TPSA) is 35.5 Å². The number of anilines is 2. The molecule has 0 unspecified atom stereocenters. The van der Waals surface area contributed by atoms with Crippen LogP contribution in [-0.2, 0) is 6.42 Å². The lowest BCUT2D eigenvalue weighted by Gasteiger charge is -2.36. The quantitative estimate of drug-likeness (QED) is 0.796. The number of benzene rings is 1. The Morgan fingerprint density at radius 2 is 1.46 bits per heavy atom. The van der Waals surface area contributed by atoms with Gasteiger partial charge in [0, 0.05) is 45.3 Å². The summed E-state index contributed by atoms with van der Waals surface area (Å²) in [7, 11) is 0. The first kappa shape index (κ1) is 19.2. The third-order valence-electron chi connectivity index (χ3n) is 6.26. The third-order valence-corrected chi connectivity index (χ3v) is 6.26. The standard InChI is InChI=1S/C23H33N5/c1-3-26-13-15-28(16-14-26)23-18-22(24-19(2)25-23)27-11-9-21(10-12-27)17-20-7-5-4-6-8-20/h4-8,18,21H,3,9-17H2,1-2H3. The summed E-state index contributed by atoms with van der Waals surface area (Å²) in [6, 6.07) is 13.1. The molecule has 150 valence electrons. The van der Waals surface area contributed by atoms with E-state index in [9.17, 15) is 0 Å². The largest absolute Gasteiger partial charge is 0.356 e. The van der Waals surface area contributed by atoms with Gasteiger partial charge in [0.25, 0.3) is 0 Å². The Morgan fingerprint density at radius 1 is 0.857 bits per heavy atom. The second-order valence-corrected chi connectivity index (χ2v) is 8.17. The number of nitrogens with zero attached hydrogens (tertiary/aromatic N) is 5. The van der Waals surface area contributed by atoms with Crippen LogP contribution in [0.25, 0.3) is 0 Å². The molecule has 2 fully saturated rings. The van der Waals surface area contributed by atoms with Gasteiger partial charge in [-0.05, 0) is 44.2 Å². The Labute approximate surface area is 169 Å². The predicted octanol–water partition coefficient (Wildman–Crippen LogP) is 3.39. The van der Waals surface area contributed by atoms with Crippen molar-refractivity contribution < 1.29 is 0 Å². The van der Waals surface area contributed by atoms with E-state index in [0.717, 1.165) is 69.2 Å². The van der Waals surface area contributed by atoms with Crippen molar-refractivity contribution in [1.29, 1.82) is 0 Å². The van der Waals surface area contributed by atoms with Crippen molar-refractivity contribution in [2.75, 3.05) is 55.6 Å². The maximum atomic E-state index is 4.77. The number of aromatic nitrogens is 2. The molecule has 0 saturated carbocycles. The van der Waals surface area contributed by atoms with E-state index in [4.69, 9.17) is 9.97 Å². The minimum Gasteiger partial charge on any atom is -0.356 e. The summed E-state index contributed by atoms with van der Waals surface area (Å²) >= 11 is 0. The number of hydrogen-bond acceptors (Lipinski definition) is 5. The van der Waals surface area contributed by atoms with E-state index in [2.05, 4.69) is 58.0 Å². The molecule has 4 rings (SSSR count). The minimum absolute atomic E-state index is 0.781. The fourth-order valence-corrected chi connectivity index (χ4v) is 4.47. The summed E-state index contributed by atoms with van der Waals surface area (Å²) in [5.74, 6) is 3.88. The second-order valence-electron chi connectivity index (χ2n) is 8.17. The van der Waals surface area contributed by atoms with Crippen molar-refractivity contribution in [1.82, 2.24) is 14.9 Å². The van der Waals surface area contributed by atoms with Gasteiger partial charge in [0.05, 0.1) is 0 Å². The number of aryl methyl sites for hydroxylation is 1. The normalized spacial score (nSPS) is 19.2. The lowest BCUT2D eigenvalue weighted by molar-refractivity contribution is 0.270. The molecule has 5 heteroatoms. The third kappa shape index (κ3) is 4.64. The molecule has 3 heterocycles. The molecule has 2 aromatic rings. The number of rotatable bonds is 5. The first-order valence-electron chi connectivity index (χ1n) is 10.8. The molecule has 0 aliphatic carbocycles. The molecule has 2 saturated heterocycles. The number of piperazine rings is 1. The SMILES string of the molecule is CCN1CCN(c2cc(N3CCC(Cc4ccccc4)CC3)nc(C)n2)CC1. The fraction of sp³-hybridized carbons (Fsp3) is 0.565. The van der Waals surface area contributed by atoms with E-state index >= 15 is 0 Å². The molecule has 5 nitrogen and oxygen atoms in total. The van der Waals surface area contributed by atoms with Crippen LogP contribution in [0.15, 0.2) is 36.4 Å². The lowest BCUT2D eigenvalue weighted by atomic mass is 9.90. The van der Waals surface area contributed by atoms with Crippen molar-refractivity contribution in [2.45, 2.75) is 33.1 Å². The van der Waals surface area contributed by atoms with Crippen molar-refractivity contribution >= 4 is 11.6 Å². The number of likely N-dealkylation sites (N-methyl/N-ethyl adjacent to an activating group) is 1. The van der Waals surface area contributed by atoms with Gasteiger partial charge < -0.3 is 14.7 Å². The van der Waals surface area contributed by atoms with Gasteiger partial charge in [0.2, 0.25) is 0 Å². The molecule has 0 atom stereocenters. The molecule has 0 radical (unpaired) electrons. The Hall–Kier alpha value is -2.14. The summed E-state index contributed by atoms with van der Waals surface area (Å²) in [4.78, 5) is 16.9. The molecule has 0 N–H and O–H groups in total. The van der Waals surface area contributed by atoms with Crippen molar-refractivity contribution in [3.8, 4) is 0 Å². The Balaban J connectivity index is 1.38. The number of piperidine rings is 1. The monoisotopic (exact) mass is 379 g/mol. The molecular formula is C23H33N5.